The number of ether oxygens (including phenoxy) is 2. The molecule has 2 heterocycles. The molecule has 4 atom stereocenters. The van der Waals surface area contributed by atoms with Crippen LogP contribution in [0.25, 0.3) is 0 Å². The molecule has 0 amide bonds. The highest BCUT2D eigenvalue weighted by Gasteiger charge is 2.49. The summed E-state index contributed by atoms with van der Waals surface area (Å²) in [5.74, 6) is 0.845. The van der Waals surface area contributed by atoms with E-state index < -0.39 is 6.10 Å². The maximum Gasteiger partial charge on any atom is 0.136 e. The lowest BCUT2D eigenvalue weighted by molar-refractivity contribution is -0.507. The van der Waals surface area contributed by atoms with Crippen LogP contribution in [0, 0.1) is 0 Å². The maximum atomic E-state index is 8.58. The smallest absolute Gasteiger partial charge is 0.136 e. The fourth-order valence-electron chi connectivity index (χ4n) is 1.98. The Morgan fingerprint density at radius 3 is 2.81 bits per heavy atom. The van der Waals surface area contributed by atoms with E-state index in [9.17, 15) is 0 Å². The Balaban J connectivity index is 1.87. The molecule has 0 aromatic rings. The SMILES string of the molecule is C=CCS[C@H]1CO[C@H]2[C@@H]1OC[C@H]2ON(O)O. The molecule has 6 nitrogen and oxygen atoms in total. The van der Waals surface area contributed by atoms with Crippen LogP contribution < -0.4 is 0 Å². The molecule has 0 bridgehead atoms. The standard InChI is InChI=1S/C9H15NO5S/c1-2-3-16-7-5-14-8-6(15-10(11)12)4-13-9(7)8/h2,6-9,11-12H,1,3-5H2/t6-,7+,8-,9-/m1/s1. The van der Waals surface area contributed by atoms with Gasteiger partial charge in [-0.1, -0.05) is 6.08 Å². The highest BCUT2D eigenvalue weighted by atomic mass is 32.2. The summed E-state index contributed by atoms with van der Waals surface area (Å²) in [5, 5.41) is 17.1. The minimum Gasteiger partial charge on any atom is -0.371 e. The van der Waals surface area contributed by atoms with Crippen molar-refractivity contribution in [2.75, 3.05) is 19.0 Å². The minimum atomic E-state index is -0.464. The van der Waals surface area contributed by atoms with Gasteiger partial charge in [0.1, 0.15) is 18.3 Å². The third-order valence-corrected chi connectivity index (χ3v) is 3.88. The lowest BCUT2D eigenvalue weighted by atomic mass is 10.1. The zero-order chi connectivity index (χ0) is 11.5. The number of rotatable bonds is 5. The van der Waals surface area contributed by atoms with Gasteiger partial charge in [-0.05, 0) is 0 Å². The predicted octanol–water partition coefficient (Wildman–Crippen LogP) is 0.452. The molecule has 0 aliphatic carbocycles. The van der Waals surface area contributed by atoms with Gasteiger partial charge in [0.2, 0.25) is 0 Å². The van der Waals surface area contributed by atoms with Crippen LogP contribution in [0.5, 0.6) is 0 Å². The molecule has 2 saturated heterocycles. The van der Waals surface area contributed by atoms with Gasteiger partial charge in [-0.25, -0.2) is 4.84 Å². The largest absolute Gasteiger partial charge is 0.371 e. The lowest BCUT2D eigenvalue weighted by Gasteiger charge is -2.17. The number of thioether (sulfide) groups is 1. The van der Waals surface area contributed by atoms with Gasteiger partial charge in [-0.2, -0.15) is 0 Å². The lowest BCUT2D eigenvalue weighted by Crippen LogP contribution is -2.35. The Hall–Kier alpha value is -0.150. The van der Waals surface area contributed by atoms with Crippen LogP contribution in [0.15, 0.2) is 12.7 Å². The number of hydrogen-bond acceptors (Lipinski definition) is 7. The summed E-state index contributed by atoms with van der Waals surface area (Å²) >= 11 is 1.72. The van der Waals surface area contributed by atoms with Crippen LogP contribution in [0.1, 0.15) is 0 Å². The molecule has 0 aromatic heterocycles. The van der Waals surface area contributed by atoms with Crippen LogP contribution in [-0.4, -0.2) is 58.3 Å². The molecule has 2 fully saturated rings. The zero-order valence-electron chi connectivity index (χ0n) is 8.69. The Morgan fingerprint density at radius 1 is 1.38 bits per heavy atom. The summed E-state index contributed by atoms with van der Waals surface area (Å²) < 4.78 is 11.1. The predicted molar refractivity (Wildman–Crippen MR) is 56.2 cm³/mol. The van der Waals surface area contributed by atoms with Crippen molar-refractivity contribution in [1.82, 2.24) is 5.39 Å². The van der Waals surface area contributed by atoms with Crippen molar-refractivity contribution >= 4 is 11.8 Å². The summed E-state index contributed by atoms with van der Waals surface area (Å²) in [7, 11) is 0. The molecular weight excluding hydrogens is 234 g/mol. The number of fused-ring (bicyclic) bond motifs is 1. The molecule has 0 aromatic carbocycles. The molecule has 0 unspecified atom stereocenters. The second kappa shape index (κ2) is 5.46. The molecule has 2 aliphatic heterocycles. The molecular formula is C9H15NO5S. The van der Waals surface area contributed by atoms with E-state index in [0.717, 1.165) is 5.75 Å². The van der Waals surface area contributed by atoms with Crippen LogP contribution in [0.2, 0.25) is 0 Å². The van der Waals surface area contributed by atoms with Crippen LogP contribution in [-0.2, 0) is 14.3 Å². The van der Waals surface area contributed by atoms with E-state index in [1.165, 1.54) is 0 Å². The van der Waals surface area contributed by atoms with Gasteiger partial charge >= 0.3 is 0 Å². The molecule has 0 radical (unpaired) electrons. The molecule has 16 heavy (non-hydrogen) atoms. The van der Waals surface area contributed by atoms with E-state index in [-0.39, 0.29) is 22.8 Å². The van der Waals surface area contributed by atoms with Gasteiger partial charge < -0.3 is 9.47 Å². The second-order valence-electron chi connectivity index (χ2n) is 3.65. The van der Waals surface area contributed by atoms with E-state index in [2.05, 4.69) is 6.58 Å². The monoisotopic (exact) mass is 249 g/mol. The van der Waals surface area contributed by atoms with Gasteiger partial charge in [0.15, 0.2) is 0 Å². The third-order valence-electron chi connectivity index (χ3n) is 2.62. The maximum absolute atomic E-state index is 8.58. The summed E-state index contributed by atoms with van der Waals surface area (Å²) in [6, 6.07) is 0. The van der Waals surface area contributed by atoms with Gasteiger partial charge in [-0.3, -0.25) is 10.4 Å². The van der Waals surface area contributed by atoms with E-state index in [0.29, 0.717) is 13.2 Å². The van der Waals surface area contributed by atoms with E-state index in [1.807, 2.05) is 6.08 Å². The van der Waals surface area contributed by atoms with Crippen molar-refractivity contribution in [1.29, 1.82) is 0 Å². The van der Waals surface area contributed by atoms with Crippen molar-refractivity contribution in [2.45, 2.75) is 23.6 Å². The van der Waals surface area contributed by atoms with Gasteiger partial charge in [0.05, 0.1) is 23.9 Å². The van der Waals surface area contributed by atoms with Gasteiger partial charge in [0.25, 0.3) is 0 Å². The summed E-state index contributed by atoms with van der Waals surface area (Å²) in [6.07, 6.45) is 1.10. The average molecular weight is 249 g/mol. The van der Waals surface area contributed by atoms with Crippen LogP contribution in [0.4, 0.5) is 0 Å². The first-order valence-electron chi connectivity index (χ1n) is 5.02. The first kappa shape index (κ1) is 12.3. The molecule has 2 rings (SSSR count). The fraction of sp³-hybridized carbons (Fsp3) is 0.778. The molecule has 0 saturated carbocycles. The Bertz CT molecular complexity index is 252. The Morgan fingerprint density at radius 2 is 2.12 bits per heavy atom. The van der Waals surface area contributed by atoms with E-state index >= 15 is 0 Å². The average Bonchev–Trinajstić information content (AvgIpc) is 2.78. The molecule has 2 aliphatic rings. The molecule has 7 heteroatoms. The minimum absolute atomic E-state index is 0.0464. The Kier molecular flexibility index (Phi) is 4.20. The summed E-state index contributed by atoms with van der Waals surface area (Å²) in [4.78, 5) is 4.74. The highest BCUT2D eigenvalue weighted by molar-refractivity contribution is 8.00. The quantitative estimate of drug-likeness (QED) is 0.541. The topological polar surface area (TPSA) is 71.4 Å². The number of nitrogens with zero attached hydrogens (tertiary/aromatic N) is 1. The fourth-order valence-corrected chi connectivity index (χ4v) is 2.96. The molecule has 2 N–H and O–H groups in total. The summed E-state index contributed by atoms with van der Waals surface area (Å²) in [5.41, 5.74) is 0. The van der Waals surface area contributed by atoms with Crippen LogP contribution >= 0.6 is 11.8 Å². The van der Waals surface area contributed by atoms with Gasteiger partial charge in [0, 0.05) is 5.75 Å². The van der Waals surface area contributed by atoms with Crippen molar-refractivity contribution in [3.8, 4) is 0 Å². The van der Waals surface area contributed by atoms with Crippen molar-refractivity contribution in [2.24, 2.45) is 0 Å². The van der Waals surface area contributed by atoms with E-state index in [1.54, 1.807) is 11.8 Å². The van der Waals surface area contributed by atoms with Crippen molar-refractivity contribution in [3.63, 3.8) is 0 Å². The van der Waals surface area contributed by atoms with Crippen molar-refractivity contribution in [3.05, 3.63) is 12.7 Å². The third kappa shape index (κ3) is 2.57. The van der Waals surface area contributed by atoms with Crippen molar-refractivity contribution < 1.29 is 24.7 Å². The van der Waals surface area contributed by atoms with Crippen LogP contribution in [0.3, 0.4) is 0 Å². The first-order chi connectivity index (χ1) is 7.72. The molecule has 92 valence electrons. The van der Waals surface area contributed by atoms with Gasteiger partial charge in [-0.15, -0.1) is 18.3 Å². The molecule has 0 spiro atoms. The normalized spacial score (nSPS) is 37.9. The highest BCUT2D eigenvalue weighted by Crippen LogP contribution is 2.35. The van der Waals surface area contributed by atoms with E-state index in [4.69, 9.17) is 24.7 Å². The number of hydrogen-bond donors (Lipinski definition) is 2. The summed E-state index contributed by atoms with van der Waals surface area (Å²) in [6.45, 7) is 4.55. The zero-order valence-corrected chi connectivity index (χ0v) is 9.51. The first-order valence-corrected chi connectivity index (χ1v) is 6.07. The Labute approximate surface area is 97.6 Å². The second-order valence-corrected chi connectivity index (χ2v) is 4.93.